The standard InChI is InChI=1S/C23H31N3O6S/c1-16-12-26(17(2)14-27)33(29,30)22-8-7-18(19-6-5-9-24-11-19)10-20(22)32-21(16)13-25(3)23(28)15-31-4/h5-11,16-17,21,27H,12-15H2,1-4H3/t16-,17-,21-/m0/s1. The summed E-state index contributed by atoms with van der Waals surface area (Å²) in [5.41, 5.74) is 1.58. The number of likely N-dealkylation sites (N-methyl/N-ethyl adjacent to an activating group) is 1. The van der Waals surface area contributed by atoms with Crippen LogP contribution in [0.2, 0.25) is 0 Å². The number of carbonyl (C=O) groups excluding carboxylic acids is 1. The van der Waals surface area contributed by atoms with Gasteiger partial charge < -0.3 is 19.5 Å². The maximum atomic E-state index is 13.5. The molecule has 180 valence electrons. The molecule has 1 aromatic heterocycles. The number of sulfonamides is 1. The predicted octanol–water partition coefficient (Wildman–Crippen LogP) is 1.62. The first-order valence-electron chi connectivity index (χ1n) is 10.8. The van der Waals surface area contributed by atoms with Crippen molar-refractivity contribution in [2.24, 2.45) is 5.92 Å². The van der Waals surface area contributed by atoms with Gasteiger partial charge in [0.15, 0.2) is 0 Å². The number of aliphatic hydroxyl groups is 1. The van der Waals surface area contributed by atoms with E-state index in [1.807, 2.05) is 13.0 Å². The number of hydrogen-bond donors (Lipinski definition) is 1. The normalized spacial score (nSPS) is 21.2. The predicted molar refractivity (Wildman–Crippen MR) is 123 cm³/mol. The lowest BCUT2D eigenvalue weighted by atomic mass is 10.0. The summed E-state index contributed by atoms with van der Waals surface area (Å²) in [6.45, 7) is 3.57. The molecule has 1 aromatic carbocycles. The summed E-state index contributed by atoms with van der Waals surface area (Å²) in [6.07, 6.45) is 2.87. The third-order valence-electron chi connectivity index (χ3n) is 5.81. The lowest BCUT2D eigenvalue weighted by molar-refractivity contribution is -0.135. The van der Waals surface area contributed by atoms with Gasteiger partial charge in [-0.15, -0.1) is 0 Å². The van der Waals surface area contributed by atoms with Crippen molar-refractivity contribution in [3.63, 3.8) is 0 Å². The number of hydrogen-bond acceptors (Lipinski definition) is 7. The van der Waals surface area contributed by atoms with E-state index in [4.69, 9.17) is 9.47 Å². The van der Waals surface area contributed by atoms with Crippen molar-refractivity contribution in [1.82, 2.24) is 14.2 Å². The highest BCUT2D eigenvalue weighted by Crippen LogP contribution is 2.36. The highest BCUT2D eigenvalue weighted by Gasteiger charge is 2.38. The van der Waals surface area contributed by atoms with Crippen LogP contribution in [0, 0.1) is 5.92 Å². The molecule has 10 heteroatoms. The van der Waals surface area contributed by atoms with Crippen LogP contribution in [0.25, 0.3) is 11.1 Å². The zero-order chi connectivity index (χ0) is 24.2. The molecule has 1 aliphatic heterocycles. The van der Waals surface area contributed by atoms with E-state index in [0.717, 1.165) is 11.1 Å². The van der Waals surface area contributed by atoms with Gasteiger partial charge in [0.1, 0.15) is 23.4 Å². The van der Waals surface area contributed by atoms with Crippen molar-refractivity contribution < 1.29 is 27.8 Å². The zero-order valence-electron chi connectivity index (χ0n) is 19.3. The largest absolute Gasteiger partial charge is 0.487 e. The lowest BCUT2D eigenvalue weighted by Gasteiger charge is -2.37. The van der Waals surface area contributed by atoms with Crippen LogP contribution in [0.4, 0.5) is 0 Å². The maximum Gasteiger partial charge on any atom is 0.248 e. The molecule has 0 saturated heterocycles. The van der Waals surface area contributed by atoms with Crippen LogP contribution in [0.3, 0.4) is 0 Å². The molecule has 1 N–H and O–H groups in total. The fraction of sp³-hybridized carbons (Fsp3) is 0.478. The molecule has 0 unspecified atom stereocenters. The van der Waals surface area contributed by atoms with Gasteiger partial charge in [0.05, 0.1) is 13.2 Å². The molecule has 1 amide bonds. The van der Waals surface area contributed by atoms with Gasteiger partial charge in [0.25, 0.3) is 0 Å². The second kappa shape index (κ2) is 10.6. The molecule has 2 aromatic rings. The van der Waals surface area contributed by atoms with Gasteiger partial charge in [0, 0.05) is 50.6 Å². The Morgan fingerprint density at radius 1 is 1.36 bits per heavy atom. The maximum absolute atomic E-state index is 13.5. The minimum atomic E-state index is -3.93. The first-order chi connectivity index (χ1) is 15.7. The van der Waals surface area contributed by atoms with Crippen molar-refractivity contribution in [1.29, 1.82) is 0 Å². The molecule has 0 spiro atoms. The molecule has 1 aliphatic rings. The van der Waals surface area contributed by atoms with E-state index in [9.17, 15) is 18.3 Å². The number of rotatable bonds is 7. The number of nitrogens with zero attached hydrogens (tertiary/aromatic N) is 3. The summed E-state index contributed by atoms with van der Waals surface area (Å²) in [5.74, 6) is -0.259. The molecule has 0 saturated carbocycles. The Bertz CT molecular complexity index is 1060. The molecule has 9 nitrogen and oxygen atoms in total. The van der Waals surface area contributed by atoms with Crippen molar-refractivity contribution >= 4 is 15.9 Å². The minimum absolute atomic E-state index is 0.0261. The Labute approximate surface area is 195 Å². The second-order valence-electron chi connectivity index (χ2n) is 8.35. The van der Waals surface area contributed by atoms with Crippen LogP contribution < -0.4 is 4.74 Å². The average molecular weight is 478 g/mol. The van der Waals surface area contributed by atoms with Gasteiger partial charge in [0.2, 0.25) is 15.9 Å². The third kappa shape index (κ3) is 5.52. The van der Waals surface area contributed by atoms with Crippen molar-refractivity contribution in [3.05, 3.63) is 42.7 Å². The number of aromatic nitrogens is 1. The zero-order valence-corrected chi connectivity index (χ0v) is 20.2. The van der Waals surface area contributed by atoms with Gasteiger partial charge in [-0.25, -0.2) is 8.42 Å². The van der Waals surface area contributed by atoms with E-state index >= 15 is 0 Å². The fourth-order valence-corrected chi connectivity index (χ4v) is 5.59. The van der Waals surface area contributed by atoms with Crippen LogP contribution in [0.15, 0.2) is 47.6 Å². The van der Waals surface area contributed by atoms with Gasteiger partial charge in [-0.2, -0.15) is 4.31 Å². The Kier molecular flexibility index (Phi) is 8.06. The number of aliphatic hydroxyl groups excluding tert-OH is 1. The van der Waals surface area contributed by atoms with E-state index in [2.05, 4.69) is 4.98 Å². The van der Waals surface area contributed by atoms with Crippen molar-refractivity contribution in [2.75, 3.05) is 40.5 Å². The molecular weight excluding hydrogens is 446 g/mol. The second-order valence-corrected chi connectivity index (χ2v) is 10.2. The SMILES string of the molecule is COCC(=O)N(C)C[C@@H]1Oc2cc(-c3cccnc3)ccc2S(=O)(=O)N([C@@H](C)CO)C[C@@H]1C. The number of carbonyl (C=O) groups is 1. The summed E-state index contributed by atoms with van der Waals surface area (Å²) >= 11 is 0. The van der Waals surface area contributed by atoms with E-state index in [-0.39, 0.29) is 48.8 Å². The van der Waals surface area contributed by atoms with Crippen LogP contribution in [0.1, 0.15) is 13.8 Å². The first-order valence-corrected chi connectivity index (χ1v) is 12.2. The smallest absolute Gasteiger partial charge is 0.248 e. The molecule has 0 aliphatic carbocycles. The van der Waals surface area contributed by atoms with Gasteiger partial charge >= 0.3 is 0 Å². The van der Waals surface area contributed by atoms with Crippen molar-refractivity contribution in [2.45, 2.75) is 30.9 Å². The lowest BCUT2D eigenvalue weighted by Crippen LogP contribution is -2.50. The van der Waals surface area contributed by atoms with E-state index in [1.165, 1.54) is 22.4 Å². The number of ether oxygens (including phenoxy) is 2. The Morgan fingerprint density at radius 3 is 2.76 bits per heavy atom. The average Bonchev–Trinajstić information content (AvgIpc) is 2.81. The number of fused-ring (bicyclic) bond motifs is 1. The van der Waals surface area contributed by atoms with Crippen molar-refractivity contribution in [3.8, 4) is 16.9 Å². The summed E-state index contributed by atoms with van der Waals surface area (Å²) < 4.78 is 39.6. The van der Waals surface area contributed by atoms with Gasteiger partial charge in [-0.05, 0) is 30.7 Å². The summed E-state index contributed by atoms with van der Waals surface area (Å²) in [4.78, 5) is 18.0. The number of pyridine rings is 1. The van der Waals surface area contributed by atoms with Crippen LogP contribution >= 0.6 is 0 Å². The quantitative estimate of drug-likeness (QED) is 0.645. The number of methoxy groups -OCH3 is 1. The van der Waals surface area contributed by atoms with Crippen LogP contribution in [-0.2, 0) is 19.6 Å². The first kappa shape index (κ1) is 25.1. The minimum Gasteiger partial charge on any atom is -0.487 e. The van der Waals surface area contributed by atoms with Gasteiger partial charge in [-0.1, -0.05) is 19.1 Å². The van der Waals surface area contributed by atoms with Crippen LogP contribution in [0.5, 0.6) is 5.75 Å². The fourth-order valence-electron chi connectivity index (χ4n) is 3.76. The van der Waals surface area contributed by atoms with Crippen LogP contribution in [-0.4, -0.2) is 86.2 Å². The summed E-state index contributed by atoms with van der Waals surface area (Å²) in [6, 6.07) is 7.99. The molecule has 3 atom stereocenters. The van der Waals surface area contributed by atoms with E-state index < -0.39 is 22.2 Å². The van der Waals surface area contributed by atoms with E-state index in [1.54, 1.807) is 44.6 Å². The molecule has 0 radical (unpaired) electrons. The monoisotopic (exact) mass is 477 g/mol. The molecule has 33 heavy (non-hydrogen) atoms. The highest BCUT2D eigenvalue weighted by molar-refractivity contribution is 7.89. The highest BCUT2D eigenvalue weighted by atomic mass is 32.2. The Hall–Kier alpha value is -2.53. The molecule has 2 heterocycles. The summed E-state index contributed by atoms with van der Waals surface area (Å²) in [5, 5.41) is 9.74. The Balaban J connectivity index is 2.08. The Morgan fingerprint density at radius 2 is 2.12 bits per heavy atom. The molecule has 0 bridgehead atoms. The number of amides is 1. The van der Waals surface area contributed by atoms with Gasteiger partial charge in [-0.3, -0.25) is 9.78 Å². The molecule has 0 fully saturated rings. The number of benzene rings is 1. The summed E-state index contributed by atoms with van der Waals surface area (Å²) in [7, 11) is -0.815. The third-order valence-corrected chi connectivity index (χ3v) is 7.83. The van der Waals surface area contributed by atoms with E-state index in [0.29, 0.717) is 0 Å². The molecule has 3 rings (SSSR count). The topological polar surface area (TPSA) is 109 Å². The molecular formula is C23H31N3O6S.